The summed E-state index contributed by atoms with van der Waals surface area (Å²) in [5, 5.41) is 14.7. The van der Waals surface area contributed by atoms with Crippen LogP contribution in [0.3, 0.4) is 0 Å². The van der Waals surface area contributed by atoms with Crippen LogP contribution in [0.1, 0.15) is 6.92 Å². The van der Waals surface area contributed by atoms with Crippen LogP contribution in [0.15, 0.2) is 36.4 Å². The highest BCUT2D eigenvalue weighted by Crippen LogP contribution is 2.30. The van der Waals surface area contributed by atoms with Crippen LogP contribution in [0.5, 0.6) is 0 Å². The van der Waals surface area contributed by atoms with Gasteiger partial charge in [0, 0.05) is 22.8 Å². The largest absolute Gasteiger partial charge is 0.390 e. The summed E-state index contributed by atoms with van der Waals surface area (Å²) in [6.45, 7) is 3.51. The number of aliphatic hydroxyl groups excluding tert-OH is 1. The van der Waals surface area contributed by atoms with Gasteiger partial charge in [0.05, 0.1) is 18.2 Å². The first-order valence-corrected chi connectivity index (χ1v) is 7.36. The van der Waals surface area contributed by atoms with Gasteiger partial charge in [-0.25, -0.2) is 8.78 Å². The first-order valence-electron chi connectivity index (χ1n) is 7.36. The van der Waals surface area contributed by atoms with E-state index in [0.717, 1.165) is 22.8 Å². The molecule has 3 aromatic rings. The quantitative estimate of drug-likeness (QED) is 0.760. The Morgan fingerprint density at radius 3 is 2.55 bits per heavy atom. The molecule has 0 saturated heterocycles. The van der Waals surface area contributed by atoms with Crippen molar-refractivity contribution in [1.82, 2.24) is 9.88 Å². The summed E-state index contributed by atoms with van der Waals surface area (Å²) in [6.07, 6.45) is -0.605. The molecule has 0 aliphatic rings. The van der Waals surface area contributed by atoms with Gasteiger partial charge in [-0.05, 0) is 42.9 Å². The van der Waals surface area contributed by atoms with Gasteiger partial charge in [0.1, 0.15) is 11.6 Å². The lowest BCUT2D eigenvalue weighted by Crippen LogP contribution is -2.30. The number of nitrogens with one attached hydrogen (secondary N) is 1. The van der Waals surface area contributed by atoms with Crippen molar-refractivity contribution in [1.29, 1.82) is 0 Å². The van der Waals surface area contributed by atoms with E-state index >= 15 is 0 Å². The fourth-order valence-electron chi connectivity index (χ4n) is 2.83. The second-order valence-electron chi connectivity index (χ2n) is 5.40. The molecule has 2 N–H and O–H groups in total. The molecule has 5 heteroatoms. The molecule has 22 heavy (non-hydrogen) atoms. The van der Waals surface area contributed by atoms with Crippen LogP contribution < -0.4 is 5.32 Å². The van der Waals surface area contributed by atoms with E-state index in [1.54, 1.807) is 12.1 Å². The van der Waals surface area contributed by atoms with Gasteiger partial charge in [-0.15, -0.1) is 0 Å². The normalized spacial score (nSPS) is 13.1. The van der Waals surface area contributed by atoms with Gasteiger partial charge in [0.25, 0.3) is 0 Å². The third kappa shape index (κ3) is 2.69. The molecule has 0 amide bonds. The van der Waals surface area contributed by atoms with Crippen molar-refractivity contribution in [2.75, 3.05) is 13.1 Å². The van der Waals surface area contributed by atoms with Crippen molar-refractivity contribution >= 4 is 21.8 Å². The summed E-state index contributed by atoms with van der Waals surface area (Å²) >= 11 is 0. The molecule has 0 aliphatic heterocycles. The number of nitrogens with zero attached hydrogens (tertiary/aromatic N) is 1. The van der Waals surface area contributed by atoms with Crippen LogP contribution in [0.2, 0.25) is 0 Å². The van der Waals surface area contributed by atoms with Crippen molar-refractivity contribution < 1.29 is 13.9 Å². The van der Waals surface area contributed by atoms with Crippen LogP contribution in [0, 0.1) is 11.6 Å². The summed E-state index contributed by atoms with van der Waals surface area (Å²) in [7, 11) is 0. The molecule has 2 aromatic carbocycles. The number of halogens is 2. The Balaban J connectivity index is 2.14. The van der Waals surface area contributed by atoms with E-state index in [1.807, 2.05) is 11.5 Å². The zero-order valence-electron chi connectivity index (χ0n) is 12.3. The highest BCUT2D eigenvalue weighted by Gasteiger charge is 2.14. The van der Waals surface area contributed by atoms with Gasteiger partial charge >= 0.3 is 0 Å². The maximum atomic E-state index is 13.6. The van der Waals surface area contributed by atoms with E-state index in [1.165, 1.54) is 24.3 Å². The summed E-state index contributed by atoms with van der Waals surface area (Å²) in [4.78, 5) is 0. The van der Waals surface area contributed by atoms with Crippen molar-refractivity contribution in [2.45, 2.75) is 19.6 Å². The Morgan fingerprint density at radius 1 is 1.05 bits per heavy atom. The van der Waals surface area contributed by atoms with Crippen LogP contribution in [0.4, 0.5) is 8.78 Å². The molecule has 0 bridgehead atoms. The Morgan fingerprint density at radius 2 is 1.77 bits per heavy atom. The van der Waals surface area contributed by atoms with E-state index in [9.17, 15) is 13.9 Å². The fourth-order valence-corrected chi connectivity index (χ4v) is 2.83. The topological polar surface area (TPSA) is 37.2 Å². The Labute approximate surface area is 127 Å². The van der Waals surface area contributed by atoms with Crippen LogP contribution in [-0.2, 0) is 6.54 Å². The number of hydrogen-bond donors (Lipinski definition) is 2. The monoisotopic (exact) mass is 304 g/mol. The third-order valence-electron chi connectivity index (χ3n) is 3.81. The smallest absolute Gasteiger partial charge is 0.125 e. The average molecular weight is 304 g/mol. The minimum Gasteiger partial charge on any atom is -0.390 e. The molecule has 1 atom stereocenters. The minimum atomic E-state index is -0.605. The molecular weight excluding hydrogens is 286 g/mol. The number of aliphatic hydroxyl groups is 1. The minimum absolute atomic E-state index is 0.322. The van der Waals surface area contributed by atoms with Gasteiger partial charge in [-0.1, -0.05) is 6.92 Å². The van der Waals surface area contributed by atoms with Crippen molar-refractivity contribution in [2.24, 2.45) is 0 Å². The SMILES string of the molecule is CCNCC(O)Cn1c2ccc(F)cc2c2ccc(F)cc21. The lowest BCUT2D eigenvalue weighted by molar-refractivity contribution is 0.155. The van der Waals surface area contributed by atoms with Crippen molar-refractivity contribution in [3.63, 3.8) is 0 Å². The molecule has 0 fully saturated rings. The van der Waals surface area contributed by atoms with Crippen LogP contribution in [0.25, 0.3) is 21.8 Å². The standard InChI is InChI=1S/C17H18F2N2O/c1-2-20-9-13(22)10-21-16-6-4-11(18)7-15(16)14-5-3-12(19)8-17(14)21/h3-8,13,20,22H,2,9-10H2,1H3. The summed E-state index contributed by atoms with van der Waals surface area (Å²) in [6, 6.07) is 8.94. The van der Waals surface area contributed by atoms with Gasteiger partial charge in [0.2, 0.25) is 0 Å². The maximum absolute atomic E-state index is 13.6. The van der Waals surface area contributed by atoms with E-state index in [2.05, 4.69) is 5.32 Å². The van der Waals surface area contributed by atoms with Gasteiger partial charge in [0.15, 0.2) is 0 Å². The van der Waals surface area contributed by atoms with Crippen LogP contribution >= 0.6 is 0 Å². The molecule has 0 saturated carbocycles. The van der Waals surface area contributed by atoms with E-state index in [-0.39, 0.29) is 11.6 Å². The zero-order chi connectivity index (χ0) is 15.7. The molecule has 0 spiro atoms. The highest BCUT2D eigenvalue weighted by atomic mass is 19.1. The summed E-state index contributed by atoms with van der Waals surface area (Å²) in [5.74, 6) is -0.678. The van der Waals surface area contributed by atoms with E-state index in [0.29, 0.717) is 18.6 Å². The predicted octanol–water partition coefficient (Wildman–Crippen LogP) is 3.04. The summed E-state index contributed by atoms with van der Waals surface area (Å²) in [5.41, 5.74) is 1.45. The number of fused-ring (bicyclic) bond motifs is 3. The number of rotatable bonds is 5. The molecule has 1 heterocycles. The van der Waals surface area contributed by atoms with Gasteiger partial charge in [-0.2, -0.15) is 0 Å². The van der Waals surface area contributed by atoms with Crippen molar-refractivity contribution in [3.05, 3.63) is 48.0 Å². The lowest BCUT2D eigenvalue weighted by Gasteiger charge is -2.14. The highest BCUT2D eigenvalue weighted by molar-refractivity contribution is 6.08. The Kier molecular flexibility index (Phi) is 4.09. The number of aromatic nitrogens is 1. The molecule has 1 aromatic heterocycles. The van der Waals surface area contributed by atoms with E-state index < -0.39 is 6.10 Å². The molecule has 1 unspecified atom stereocenters. The molecule has 0 aliphatic carbocycles. The molecule has 3 nitrogen and oxygen atoms in total. The third-order valence-corrected chi connectivity index (χ3v) is 3.81. The first kappa shape index (κ1) is 14.9. The van der Waals surface area contributed by atoms with Gasteiger partial charge in [-0.3, -0.25) is 0 Å². The van der Waals surface area contributed by atoms with Crippen LogP contribution in [-0.4, -0.2) is 28.9 Å². The average Bonchev–Trinajstić information content (AvgIpc) is 2.78. The Bertz CT molecular complexity index is 813. The second-order valence-corrected chi connectivity index (χ2v) is 5.40. The first-order chi connectivity index (χ1) is 10.6. The maximum Gasteiger partial charge on any atom is 0.125 e. The summed E-state index contributed by atoms with van der Waals surface area (Å²) < 4.78 is 29.0. The molecular formula is C17H18F2N2O. The zero-order valence-corrected chi connectivity index (χ0v) is 12.3. The second kappa shape index (κ2) is 6.02. The van der Waals surface area contributed by atoms with Crippen molar-refractivity contribution in [3.8, 4) is 0 Å². The molecule has 3 rings (SSSR count). The predicted molar refractivity (Wildman–Crippen MR) is 83.9 cm³/mol. The van der Waals surface area contributed by atoms with E-state index in [4.69, 9.17) is 0 Å². The number of likely N-dealkylation sites (N-methyl/N-ethyl adjacent to an activating group) is 1. The lowest BCUT2D eigenvalue weighted by atomic mass is 10.1. The molecule has 116 valence electrons. The molecule has 0 radical (unpaired) electrons. The fraction of sp³-hybridized carbons (Fsp3) is 0.294. The number of benzene rings is 2. The van der Waals surface area contributed by atoms with Gasteiger partial charge < -0.3 is 15.0 Å². The number of hydrogen-bond acceptors (Lipinski definition) is 2. The Hall–Kier alpha value is -1.98.